The molecule has 0 aliphatic carbocycles. The van der Waals surface area contributed by atoms with Gasteiger partial charge in [0.1, 0.15) is 11.5 Å². The normalized spacial score (nSPS) is 16.1. The van der Waals surface area contributed by atoms with Crippen molar-refractivity contribution >= 4 is 23.1 Å². The zero-order valence-corrected chi connectivity index (χ0v) is 16.2. The van der Waals surface area contributed by atoms with Crippen molar-refractivity contribution in [1.82, 2.24) is 9.97 Å². The van der Waals surface area contributed by atoms with Crippen LogP contribution in [0.1, 0.15) is 16.1 Å². The minimum absolute atomic E-state index is 0.0807. The molecule has 1 fully saturated rings. The van der Waals surface area contributed by atoms with E-state index in [9.17, 15) is 4.79 Å². The second-order valence-electron chi connectivity index (χ2n) is 7.40. The number of carbonyl (C=O) groups is 1. The zero-order chi connectivity index (χ0) is 19.6. The lowest BCUT2D eigenvalue weighted by atomic mass is 10.2. The molecule has 1 saturated heterocycles. The molecule has 0 N–H and O–H groups in total. The smallest absolute Gasteiger partial charge is 0.278 e. The molecule has 0 spiro atoms. The summed E-state index contributed by atoms with van der Waals surface area (Å²) in [6.07, 6.45) is 4.23. The largest absolute Gasteiger partial charge is 0.368 e. The van der Waals surface area contributed by atoms with Crippen LogP contribution in [0, 0.1) is 0 Å². The van der Waals surface area contributed by atoms with Crippen LogP contribution < -0.4 is 14.7 Å². The van der Waals surface area contributed by atoms with Gasteiger partial charge in [0.15, 0.2) is 0 Å². The van der Waals surface area contributed by atoms with Crippen LogP contribution in [0.3, 0.4) is 0 Å². The van der Waals surface area contributed by atoms with Crippen LogP contribution in [0.2, 0.25) is 0 Å². The first-order chi connectivity index (χ1) is 14.3. The van der Waals surface area contributed by atoms with Crippen molar-refractivity contribution in [3.05, 3.63) is 78.2 Å². The number of anilines is 3. The Labute approximate surface area is 170 Å². The van der Waals surface area contributed by atoms with E-state index in [1.54, 1.807) is 17.3 Å². The molecule has 2 aliphatic rings. The van der Waals surface area contributed by atoms with Crippen molar-refractivity contribution in [2.24, 2.45) is 0 Å². The second kappa shape index (κ2) is 7.54. The number of amides is 1. The van der Waals surface area contributed by atoms with E-state index in [-0.39, 0.29) is 5.91 Å². The van der Waals surface area contributed by atoms with Crippen LogP contribution >= 0.6 is 0 Å². The molecule has 0 atom stereocenters. The molecular formula is C23H23N5O. The molecule has 6 nitrogen and oxygen atoms in total. The molecule has 5 rings (SSSR count). The summed E-state index contributed by atoms with van der Waals surface area (Å²) in [5.41, 5.74) is 3.85. The van der Waals surface area contributed by atoms with Gasteiger partial charge in [-0.1, -0.05) is 36.4 Å². The lowest BCUT2D eigenvalue weighted by Gasteiger charge is -2.36. The molecule has 0 unspecified atom stereocenters. The van der Waals surface area contributed by atoms with Crippen LogP contribution in [-0.4, -0.2) is 48.6 Å². The summed E-state index contributed by atoms with van der Waals surface area (Å²) in [6, 6.07) is 18.5. The molecule has 0 bridgehead atoms. The molecule has 2 aliphatic heterocycles. The highest BCUT2D eigenvalue weighted by Gasteiger charge is 2.26. The summed E-state index contributed by atoms with van der Waals surface area (Å²) < 4.78 is 0. The molecule has 3 aromatic rings. The first-order valence-electron chi connectivity index (χ1n) is 10.1. The van der Waals surface area contributed by atoms with E-state index in [2.05, 4.69) is 50.1 Å². The summed E-state index contributed by atoms with van der Waals surface area (Å²) in [6.45, 7) is 4.35. The number of hydrogen-bond acceptors (Lipinski definition) is 5. The minimum Gasteiger partial charge on any atom is -0.368 e. The van der Waals surface area contributed by atoms with Gasteiger partial charge in [0.2, 0.25) is 0 Å². The van der Waals surface area contributed by atoms with Crippen molar-refractivity contribution in [3.8, 4) is 0 Å². The summed E-state index contributed by atoms with van der Waals surface area (Å²) in [4.78, 5) is 28.3. The third-order valence-corrected chi connectivity index (χ3v) is 5.71. The fourth-order valence-corrected chi connectivity index (χ4v) is 4.12. The predicted octanol–water partition coefficient (Wildman–Crippen LogP) is 3.01. The highest BCUT2D eigenvalue weighted by Crippen LogP contribution is 2.28. The minimum atomic E-state index is -0.0807. The molecule has 6 heteroatoms. The van der Waals surface area contributed by atoms with Crippen molar-refractivity contribution in [2.75, 3.05) is 47.4 Å². The number of hydrogen-bond donors (Lipinski definition) is 0. The van der Waals surface area contributed by atoms with Gasteiger partial charge in [0, 0.05) is 44.1 Å². The van der Waals surface area contributed by atoms with E-state index >= 15 is 0 Å². The van der Waals surface area contributed by atoms with Gasteiger partial charge >= 0.3 is 0 Å². The number of carbonyl (C=O) groups excluding carboxylic acids is 1. The molecule has 29 heavy (non-hydrogen) atoms. The highest BCUT2D eigenvalue weighted by molar-refractivity contribution is 6.05. The number of rotatable bonds is 3. The SMILES string of the molecule is O=C(c1cnc(N2CCN(c3ccccc3)CC2)cn1)N1CCc2ccccc21. The van der Waals surface area contributed by atoms with Gasteiger partial charge < -0.3 is 14.7 Å². The number of benzene rings is 2. The van der Waals surface area contributed by atoms with Gasteiger partial charge in [-0.05, 0) is 30.2 Å². The van der Waals surface area contributed by atoms with Crippen molar-refractivity contribution < 1.29 is 4.79 Å². The average Bonchev–Trinajstić information content (AvgIpc) is 3.24. The van der Waals surface area contributed by atoms with Crippen molar-refractivity contribution in [3.63, 3.8) is 0 Å². The van der Waals surface area contributed by atoms with E-state index in [1.807, 2.05) is 24.3 Å². The lowest BCUT2D eigenvalue weighted by Crippen LogP contribution is -2.46. The van der Waals surface area contributed by atoms with E-state index in [4.69, 9.17) is 0 Å². The first-order valence-corrected chi connectivity index (χ1v) is 10.1. The van der Waals surface area contributed by atoms with Gasteiger partial charge in [-0.15, -0.1) is 0 Å². The molecule has 3 heterocycles. The van der Waals surface area contributed by atoms with E-state index in [1.165, 1.54) is 11.3 Å². The molecular weight excluding hydrogens is 362 g/mol. The standard InChI is InChI=1S/C23H23N5O/c29-23(28-11-10-18-6-4-5-9-21(18)28)20-16-25-22(17-24-20)27-14-12-26(13-15-27)19-7-2-1-3-8-19/h1-9,16-17H,10-15H2. The van der Waals surface area contributed by atoms with E-state index in [0.717, 1.165) is 44.1 Å². The Kier molecular flexibility index (Phi) is 4.60. The van der Waals surface area contributed by atoms with Crippen molar-refractivity contribution in [2.45, 2.75) is 6.42 Å². The Bertz CT molecular complexity index is 997. The summed E-state index contributed by atoms with van der Waals surface area (Å²) in [5.74, 6) is 0.749. The van der Waals surface area contributed by atoms with Crippen LogP contribution in [-0.2, 0) is 6.42 Å². The van der Waals surface area contributed by atoms with Gasteiger partial charge in [0.05, 0.1) is 12.4 Å². The Morgan fingerprint density at radius 2 is 1.48 bits per heavy atom. The molecule has 0 radical (unpaired) electrons. The number of nitrogens with zero attached hydrogens (tertiary/aromatic N) is 5. The Morgan fingerprint density at radius 1 is 0.759 bits per heavy atom. The molecule has 146 valence electrons. The first kappa shape index (κ1) is 17.7. The average molecular weight is 385 g/mol. The maximum absolute atomic E-state index is 12.9. The molecule has 1 amide bonds. The molecule has 0 saturated carbocycles. The highest BCUT2D eigenvalue weighted by atomic mass is 16.2. The van der Waals surface area contributed by atoms with Crippen LogP contribution in [0.4, 0.5) is 17.2 Å². The predicted molar refractivity (Wildman–Crippen MR) is 115 cm³/mol. The van der Waals surface area contributed by atoms with Gasteiger partial charge in [0.25, 0.3) is 5.91 Å². The molecule has 2 aromatic carbocycles. The lowest BCUT2D eigenvalue weighted by molar-refractivity contribution is 0.0984. The quantitative estimate of drug-likeness (QED) is 0.694. The van der Waals surface area contributed by atoms with Gasteiger partial charge in [-0.25, -0.2) is 9.97 Å². The molecule has 1 aromatic heterocycles. The summed E-state index contributed by atoms with van der Waals surface area (Å²) >= 11 is 0. The van der Waals surface area contributed by atoms with E-state index < -0.39 is 0 Å². The Balaban J connectivity index is 1.25. The van der Waals surface area contributed by atoms with Crippen LogP contribution in [0.15, 0.2) is 67.0 Å². The maximum Gasteiger partial charge on any atom is 0.278 e. The van der Waals surface area contributed by atoms with Crippen LogP contribution in [0.25, 0.3) is 0 Å². The van der Waals surface area contributed by atoms with Crippen LogP contribution in [0.5, 0.6) is 0 Å². The Morgan fingerprint density at radius 3 is 2.24 bits per heavy atom. The zero-order valence-electron chi connectivity index (χ0n) is 16.2. The topological polar surface area (TPSA) is 52.6 Å². The summed E-state index contributed by atoms with van der Waals surface area (Å²) in [7, 11) is 0. The number of fused-ring (bicyclic) bond motifs is 1. The summed E-state index contributed by atoms with van der Waals surface area (Å²) in [5, 5.41) is 0. The fourth-order valence-electron chi connectivity index (χ4n) is 4.12. The third kappa shape index (κ3) is 3.42. The second-order valence-corrected chi connectivity index (χ2v) is 7.40. The third-order valence-electron chi connectivity index (χ3n) is 5.71. The number of aromatic nitrogens is 2. The Hall–Kier alpha value is -3.41. The number of para-hydroxylation sites is 2. The van der Waals surface area contributed by atoms with Gasteiger partial charge in [-0.3, -0.25) is 4.79 Å². The van der Waals surface area contributed by atoms with Crippen molar-refractivity contribution in [1.29, 1.82) is 0 Å². The fraction of sp³-hybridized carbons (Fsp3) is 0.261. The van der Waals surface area contributed by atoms with E-state index in [0.29, 0.717) is 12.2 Å². The maximum atomic E-state index is 12.9. The monoisotopic (exact) mass is 385 g/mol. The number of piperazine rings is 1. The van der Waals surface area contributed by atoms with Gasteiger partial charge in [-0.2, -0.15) is 0 Å².